The zero-order valence-corrected chi connectivity index (χ0v) is 39.9. The highest BCUT2D eigenvalue weighted by atomic mass is 16.5. The van der Waals surface area contributed by atoms with Crippen molar-refractivity contribution in [3.8, 4) is 0 Å². The van der Waals surface area contributed by atoms with Crippen molar-refractivity contribution in [1.29, 1.82) is 0 Å². The van der Waals surface area contributed by atoms with Crippen LogP contribution in [0.2, 0.25) is 0 Å². The minimum Gasteiger partial charge on any atom is -0.466 e. The van der Waals surface area contributed by atoms with Crippen LogP contribution in [0.1, 0.15) is 271 Å². The molecule has 60 heavy (non-hydrogen) atoms. The van der Waals surface area contributed by atoms with Gasteiger partial charge in [0, 0.05) is 12.8 Å². The molecular weight excluding hydrogens is 743 g/mol. The number of ether oxygens (including phenoxy) is 1. The lowest BCUT2D eigenvalue weighted by Gasteiger charge is -2.22. The lowest BCUT2D eigenvalue weighted by molar-refractivity contribution is -0.143. The molecule has 3 N–H and O–H groups in total. The van der Waals surface area contributed by atoms with Crippen molar-refractivity contribution < 1.29 is 24.5 Å². The summed E-state index contributed by atoms with van der Waals surface area (Å²) >= 11 is 0. The highest BCUT2D eigenvalue weighted by Crippen LogP contribution is 2.15. The second kappa shape index (κ2) is 49.7. The van der Waals surface area contributed by atoms with E-state index in [-0.39, 0.29) is 18.5 Å². The van der Waals surface area contributed by atoms with Crippen molar-refractivity contribution in [1.82, 2.24) is 5.32 Å². The Balaban J connectivity index is 3.47. The number of unbranched alkanes of at least 4 members (excludes halogenated alkanes) is 31. The van der Waals surface area contributed by atoms with E-state index in [2.05, 4.69) is 55.6 Å². The van der Waals surface area contributed by atoms with Crippen LogP contribution in [-0.4, -0.2) is 47.4 Å². The fourth-order valence-corrected chi connectivity index (χ4v) is 7.84. The Kier molecular flexibility index (Phi) is 48.1. The fraction of sp³-hybridized carbons (Fsp3) is 0.852. The van der Waals surface area contributed by atoms with Gasteiger partial charge < -0.3 is 20.3 Å². The van der Waals surface area contributed by atoms with Crippen LogP contribution in [0.25, 0.3) is 0 Å². The molecule has 0 bridgehead atoms. The van der Waals surface area contributed by atoms with Gasteiger partial charge in [-0.1, -0.05) is 211 Å². The second-order valence-electron chi connectivity index (χ2n) is 17.8. The van der Waals surface area contributed by atoms with Gasteiger partial charge in [-0.2, -0.15) is 0 Å². The van der Waals surface area contributed by atoms with Gasteiger partial charge in [-0.05, 0) is 83.5 Å². The monoisotopic (exact) mass is 844 g/mol. The number of allylic oxidation sites excluding steroid dienone is 6. The van der Waals surface area contributed by atoms with E-state index >= 15 is 0 Å². The van der Waals surface area contributed by atoms with Gasteiger partial charge in [-0.15, -0.1) is 0 Å². The maximum absolute atomic E-state index is 12.4. The van der Waals surface area contributed by atoms with Crippen LogP contribution in [0, 0.1) is 0 Å². The molecule has 6 nitrogen and oxygen atoms in total. The van der Waals surface area contributed by atoms with E-state index in [1.165, 1.54) is 161 Å². The molecule has 0 heterocycles. The van der Waals surface area contributed by atoms with E-state index in [0.717, 1.165) is 77.0 Å². The zero-order chi connectivity index (χ0) is 43.7. The average molecular weight is 844 g/mol. The number of aliphatic hydroxyl groups excluding tert-OH is 2. The molecule has 0 aliphatic rings. The average Bonchev–Trinajstić information content (AvgIpc) is 3.25. The summed E-state index contributed by atoms with van der Waals surface area (Å²) in [6.45, 7) is 4.87. The molecule has 2 unspecified atom stereocenters. The summed E-state index contributed by atoms with van der Waals surface area (Å²) in [5.41, 5.74) is 0. The number of aliphatic hydroxyl groups is 2. The van der Waals surface area contributed by atoms with E-state index in [4.69, 9.17) is 4.74 Å². The quantitative estimate of drug-likeness (QED) is 0.0322. The Bertz CT molecular complexity index is 977. The number of rotatable bonds is 48. The number of nitrogens with one attached hydrogen (secondary N) is 1. The molecule has 352 valence electrons. The summed E-state index contributed by atoms with van der Waals surface area (Å²) in [6.07, 6.45) is 59.7. The lowest BCUT2D eigenvalue weighted by atomic mass is 10.0. The van der Waals surface area contributed by atoms with E-state index in [0.29, 0.717) is 25.9 Å². The molecule has 0 aromatic heterocycles. The molecule has 0 fully saturated rings. The van der Waals surface area contributed by atoms with Crippen molar-refractivity contribution in [2.24, 2.45) is 0 Å². The predicted octanol–water partition coefficient (Wildman–Crippen LogP) is 15.7. The molecular formula is C54H101NO5. The lowest BCUT2D eigenvalue weighted by Crippen LogP contribution is -2.45. The smallest absolute Gasteiger partial charge is 0.305 e. The van der Waals surface area contributed by atoms with Crippen molar-refractivity contribution >= 4 is 11.9 Å². The van der Waals surface area contributed by atoms with Crippen molar-refractivity contribution in [3.05, 3.63) is 36.5 Å². The van der Waals surface area contributed by atoms with E-state index in [9.17, 15) is 19.8 Å². The maximum atomic E-state index is 12.4. The van der Waals surface area contributed by atoms with Crippen LogP contribution in [0.3, 0.4) is 0 Å². The number of esters is 1. The van der Waals surface area contributed by atoms with Crippen LogP contribution in [-0.2, 0) is 14.3 Å². The Morgan fingerprint density at radius 3 is 1.33 bits per heavy atom. The van der Waals surface area contributed by atoms with E-state index in [1.54, 1.807) is 0 Å². The first kappa shape index (κ1) is 58.1. The summed E-state index contributed by atoms with van der Waals surface area (Å²) < 4.78 is 5.47. The van der Waals surface area contributed by atoms with Crippen LogP contribution in [0.4, 0.5) is 0 Å². The third-order valence-electron chi connectivity index (χ3n) is 11.9. The highest BCUT2D eigenvalue weighted by Gasteiger charge is 2.20. The molecule has 0 spiro atoms. The summed E-state index contributed by atoms with van der Waals surface area (Å²) in [7, 11) is 0. The van der Waals surface area contributed by atoms with Crippen molar-refractivity contribution in [2.45, 2.75) is 283 Å². The fourth-order valence-electron chi connectivity index (χ4n) is 7.84. The van der Waals surface area contributed by atoms with E-state index in [1.807, 2.05) is 0 Å². The van der Waals surface area contributed by atoms with Crippen molar-refractivity contribution in [2.75, 3.05) is 13.2 Å². The van der Waals surface area contributed by atoms with Gasteiger partial charge in [0.1, 0.15) is 0 Å². The van der Waals surface area contributed by atoms with E-state index < -0.39 is 12.1 Å². The van der Waals surface area contributed by atoms with Gasteiger partial charge in [-0.3, -0.25) is 9.59 Å². The molecule has 0 radical (unpaired) electrons. The molecule has 1 amide bonds. The molecule has 0 aliphatic heterocycles. The number of hydrogen-bond donors (Lipinski definition) is 3. The van der Waals surface area contributed by atoms with Crippen molar-refractivity contribution in [3.63, 3.8) is 0 Å². The number of hydrogen-bond acceptors (Lipinski definition) is 5. The van der Waals surface area contributed by atoms with Gasteiger partial charge in [-0.25, -0.2) is 0 Å². The SMILES string of the molecule is CCCCC/C=C\C/C=C\CCCCCCCCCCCC(=O)OCCCCCCCC/C=C\CCCCCC(=O)NC(CO)C(O)CCCCCCCCCCCCC. The number of amides is 1. The largest absolute Gasteiger partial charge is 0.466 e. The number of carbonyl (C=O) groups is 2. The normalized spacial score (nSPS) is 12.9. The van der Waals surface area contributed by atoms with Gasteiger partial charge in [0.2, 0.25) is 5.91 Å². The Hall–Kier alpha value is -1.92. The standard InChI is InChI=1S/C54H101NO5/c1-3-5-7-9-11-13-15-16-17-18-19-20-21-24-28-32-36-40-44-48-54(59)60-49-45-41-37-33-29-25-22-23-27-31-35-39-43-47-53(58)55-51(50-56)52(57)46-42-38-34-30-26-14-12-10-8-6-4-2/h11,13,16-17,23,27,51-52,56-57H,3-10,12,14-15,18-22,24-26,28-50H2,1-2H3,(H,55,58)/b13-11-,17-16-,27-23-. The van der Waals surface area contributed by atoms with Gasteiger partial charge in [0.25, 0.3) is 0 Å². The topological polar surface area (TPSA) is 95.9 Å². The Morgan fingerprint density at radius 1 is 0.467 bits per heavy atom. The zero-order valence-electron chi connectivity index (χ0n) is 39.9. The molecule has 6 heteroatoms. The maximum Gasteiger partial charge on any atom is 0.305 e. The molecule has 0 aromatic carbocycles. The predicted molar refractivity (Wildman–Crippen MR) is 259 cm³/mol. The summed E-state index contributed by atoms with van der Waals surface area (Å²) in [5.74, 6) is -0.0840. The third kappa shape index (κ3) is 45.6. The highest BCUT2D eigenvalue weighted by molar-refractivity contribution is 5.76. The minimum atomic E-state index is -0.680. The summed E-state index contributed by atoms with van der Waals surface area (Å²) in [6, 6.07) is -0.561. The van der Waals surface area contributed by atoms with Crippen LogP contribution >= 0.6 is 0 Å². The summed E-state index contributed by atoms with van der Waals surface area (Å²) in [5, 5.41) is 23.1. The Labute approximate surface area is 373 Å². The van der Waals surface area contributed by atoms with Crippen LogP contribution in [0.5, 0.6) is 0 Å². The summed E-state index contributed by atoms with van der Waals surface area (Å²) in [4.78, 5) is 24.5. The van der Waals surface area contributed by atoms with Gasteiger partial charge in [0.15, 0.2) is 0 Å². The Morgan fingerprint density at radius 2 is 0.833 bits per heavy atom. The molecule has 0 aromatic rings. The minimum absolute atomic E-state index is 0.0170. The molecule has 0 saturated carbocycles. The molecule has 0 saturated heterocycles. The molecule has 0 aliphatic carbocycles. The van der Waals surface area contributed by atoms with Gasteiger partial charge in [0.05, 0.1) is 25.4 Å². The second-order valence-corrected chi connectivity index (χ2v) is 17.8. The molecule has 0 rings (SSSR count). The number of carbonyl (C=O) groups excluding carboxylic acids is 2. The molecule has 2 atom stereocenters. The first-order valence-corrected chi connectivity index (χ1v) is 26.2. The van der Waals surface area contributed by atoms with Crippen LogP contribution in [0.15, 0.2) is 36.5 Å². The first-order chi connectivity index (χ1) is 29.5. The third-order valence-corrected chi connectivity index (χ3v) is 11.9. The van der Waals surface area contributed by atoms with Crippen LogP contribution < -0.4 is 5.32 Å². The van der Waals surface area contributed by atoms with Gasteiger partial charge >= 0.3 is 5.97 Å². The first-order valence-electron chi connectivity index (χ1n) is 26.2.